The average Bonchev–Trinajstić information content (AvgIpc) is 3.19. The molecule has 0 radical (unpaired) electrons. The first-order valence-corrected chi connectivity index (χ1v) is 5.68. The lowest BCUT2D eigenvalue weighted by Crippen LogP contribution is -2.05. The zero-order valence-corrected chi connectivity index (χ0v) is 9.68. The molecule has 0 aliphatic carbocycles. The zero-order chi connectivity index (χ0) is 11.7. The molecule has 1 atom stereocenters. The fraction of sp³-hybridized carbons (Fsp3) is 0.286. The van der Waals surface area contributed by atoms with Gasteiger partial charge in [-0.05, 0) is 11.5 Å². The van der Waals surface area contributed by atoms with Gasteiger partial charge in [-0.1, -0.05) is 30.3 Å². The number of rotatable bonds is 4. The second-order valence-electron chi connectivity index (χ2n) is 4.08. The summed E-state index contributed by atoms with van der Waals surface area (Å²) in [4.78, 5) is 0. The molecule has 1 saturated heterocycles. The third kappa shape index (κ3) is 2.06. The minimum atomic E-state index is 0.249. The molecule has 17 heavy (non-hydrogen) atoms. The van der Waals surface area contributed by atoms with Gasteiger partial charge < -0.3 is 14.2 Å². The summed E-state index contributed by atoms with van der Waals surface area (Å²) in [7, 11) is 1.66. The SMILES string of the molecule is COc1ccc2ccccc2c1OC[C@@H]1CO1. The quantitative estimate of drug-likeness (QED) is 0.756. The molecule has 3 nitrogen and oxygen atoms in total. The first kappa shape index (κ1) is 10.4. The molecule has 0 N–H and O–H groups in total. The van der Waals surface area contributed by atoms with Gasteiger partial charge in [0.15, 0.2) is 11.5 Å². The van der Waals surface area contributed by atoms with E-state index in [0.29, 0.717) is 6.61 Å². The summed E-state index contributed by atoms with van der Waals surface area (Å²) in [6, 6.07) is 12.1. The topological polar surface area (TPSA) is 31.0 Å². The monoisotopic (exact) mass is 230 g/mol. The number of benzene rings is 2. The van der Waals surface area contributed by atoms with Gasteiger partial charge in [0.25, 0.3) is 0 Å². The van der Waals surface area contributed by atoms with Crippen molar-refractivity contribution in [1.29, 1.82) is 0 Å². The fourth-order valence-electron chi connectivity index (χ4n) is 1.87. The van der Waals surface area contributed by atoms with Crippen molar-refractivity contribution in [3.05, 3.63) is 36.4 Å². The standard InChI is InChI=1S/C14H14O3/c1-15-13-7-6-10-4-2-3-5-12(10)14(13)17-9-11-8-16-11/h2-7,11H,8-9H2,1H3/t11-/m0/s1. The molecule has 2 aromatic rings. The van der Waals surface area contributed by atoms with Gasteiger partial charge in [-0.2, -0.15) is 0 Å². The molecule has 2 aromatic carbocycles. The van der Waals surface area contributed by atoms with E-state index in [2.05, 4.69) is 6.07 Å². The molecular formula is C14H14O3. The van der Waals surface area contributed by atoms with Gasteiger partial charge in [0.1, 0.15) is 12.7 Å². The van der Waals surface area contributed by atoms with E-state index in [1.54, 1.807) is 7.11 Å². The Morgan fingerprint density at radius 3 is 2.82 bits per heavy atom. The molecular weight excluding hydrogens is 216 g/mol. The molecule has 0 bridgehead atoms. The van der Waals surface area contributed by atoms with Crippen LogP contribution in [0.5, 0.6) is 11.5 Å². The van der Waals surface area contributed by atoms with E-state index >= 15 is 0 Å². The van der Waals surface area contributed by atoms with Gasteiger partial charge in [0, 0.05) is 5.39 Å². The Kier molecular flexibility index (Phi) is 2.61. The average molecular weight is 230 g/mol. The van der Waals surface area contributed by atoms with Crippen LogP contribution in [-0.2, 0) is 4.74 Å². The summed E-state index contributed by atoms with van der Waals surface area (Å²) < 4.78 is 16.3. The first-order valence-electron chi connectivity index (χ1n) is 5.68. The minimum absolute atomic E-state index is 0.249. The third-order valence-electron chi connectivity index (χ3n) is 2.88. The molecule has 1 aliphatic heterocycles. The van der Waals surface area contributed by atoms with Crippen LogP contribution in [0.25, 0.3) is 10.8 Å². The molecule has 3 heteroatoms. The molecule has 0 aromatic heterocycles. The van der Waals surface area contributed by atoms with Crippen LogP contribution in [0.1, 0.15) is 0 Å². The molecule has 0 amide bonds. The lowest BCUT2D eigenvalue weighted by molar-refractivity contribution is 0.254. The number of methoxy groups -OCH3 is 1. The molecule has 0 spiro atoms. The van der Waals surface area contributed by atoms with Crippen LogP contribution >= 0.6 is 0 Å². The number of ether oxygens (including phenoxy) is 3. The highest BCUT2D eigenvalue weighted by Crippen LogP contribution is 2.35. The summed E-state index contributed by atoms with van der Waals surface area (Å²) >= 11 is 0. The third-order valence-corrected chi connectivity index (χ3v) is 2.88. The van der Waals surface area contributed by atoms with Crippen molar-refractivity contribution in [2.75, 3.05) is 20.3 Å². The second kappa shape index (κ2) is 4.26. The van der Waals surface area contributed by atoms with Crippen LogP contribution in [0.2, 0.25) is 0 Å². The zero-order valence-electron chi connectivity index (χ0n) is 9.68. The normalized spacial score (nSPS) is 18.1. The van der Waals surface area contributed by atoms with Crippen molar-refractivity contribution in [3.63, 3.8) is 0 Å². The molecule has 1 heterocycles. The Morgan fingerprint density at radius 1 is 1.24 bits per heavy atom. The summed E-state index contributed by atoms with van der Waals surface area (Å²) in [5, 5.41) is 2.23. The Labute approximate surface area is 99.9 Å². The Morgan fingerprint density at radius 2 is 2.06 bits per heavy atom. The van der Waals surface area contributed by atoms with E-state index in [9.17, 15) is 0 Å². The largest absolute Gasteiger partial charge is 0.493 e. The van der Waals surface area contributed by atoms with Crippen LogP contribution in [0.3, 0.4) is 0 Å². The van der Waals surface area contributed by atoms with E-state index in [-0.39, 0.29) is 6.10 Å². The lowest BCUT2D eigenvalue weighted by Gasteiger charge is -2.12. The Hall–Kier alpha value is -1.74. The summed E-state index contributed by atoms with van der Waals surface area (Å²) in [6.45, 7) is 1.39. The van der Waals surface area contributed by atoms with E-state index < -0.39 is 0 Å². The summed E-state index contributed by atoms with van der Waals surface area (Å²) in [5.41, 5.74) is 0. The predicted molar refractivity (Wildman–Crippen MR) is 65.7 cm³/mol. The first-order chi connectivity index (χ1) is 8.38. The number of fused-ring (bicyclic) bond motifs is 1. The molecule has 3 rings (SSSR count). The van der Waals surface area contributed by atoms with Crippen LogP contribution < -0.4 is 9.47 Å². The summed E-state index contributed by atoms with van der Waals surface area (Å²) in [6.07, 6.45) is 0.249. The number of hydrogen-bond acceptors (Lipinski definition) is 3. The molecule has 1 aliphatic rings. The van der Waals surface area contributed by atoms with E-state index in [1.165, 1.54) is 0 Å². The highest BCUT2D eigenvalue weighted by Gasteiger charge is 2.24. The van der Waals surface area contributed by atoms with E-state index in [0.717, 1.165) is 28.9 Å². The van der Waals surface area contributed by atoms with Gasteiger partial charge in [-0.3, -0.25) is 0 Å². The molecule has 1 fully saturated rings. The van der Waals surface area contributed by atoms with E-state index in [1.807, 2.05) is 30.3 Å². The van der Waals surface area contributed by atoms with Crippen molar-refractivity contribution in [2.45, 2.75) is 6.10 Å². The highest BCUT2D eigenvalue weighted by atomic mass is 16.6. The number of epoxide rings is 1. The van der Waals surface area contributed by atoms with Crippen molar-refractivity contribution >= 4 is 10.8 Å². The number of hydrogen-bond donors (Lipinski definition) is 0. The summed E-state index contributed by atoms with van der Waals surface area (Å²) in [5.74, 6) is 1.57. The minimum Gasteiger partial charge on any atom is -0.493 e. The maximum absolute atomic E-state index is 5.82. The van der Waals surface area contributed by atoms with E-state index in [4.69, 9.17) is 14.2 Å². The van der Waals surface area contributed by atoms with Crippen molar-refractivity contribution < 1.29 is 14.2 Å². The Bertz CT molecular complexity index is 532. The van der Waals surface area contributed by atoms with Crippen LogP contribution in [-0.4, -0.2) is 26.4 Å². The maximum Gasteiger partial charge on any atom is 0.169 e. The van der Waals surface area contributed by atoms with Crippen LogP contribution in [0, 0.1) is 0 Å². The second-order valence-corrected chi connectivity index (χ2v) is 4.08. The fourth-order valence-corrected chi connectivity index (χ4v) is 1.87. The van der Waals surface area contributed by atoms with Gasteiger partial charge in [-0.25, -0.2) is 0 Å². The predicted octanol–water partition coefficient (Wildman–Crippen LogP) is 2.63. The van der Waals surface area contributed by atoms with Crippen LogP contribution in [0.4, 0.5) is 0 Å². The van der Waals surface area contributed by atoms with Crippen LogP contribution in [0.15, 0.2) is 36.4 Å². The molecule has 88 valence electrons. The van der Waals surface area contributed by atoms with Gasteiger partial charge in [-0.15, -0.1) is 0 Å². The van der Waals surface area contributed by atoms with Gasteiger partial charge in [0.2, 0.25) is 0 Å². The smallest absolute Gasteiger partial charge is 0.169 e. The molecule has 0 saturated carbocycles. The molecule has 0 unspecified atom stereocenters. The Balaban J connectivity index is 2.02. The van der Waals surface area contributed by atoms with Gasteiger partial charge in [0.05, 0.1) is 13.7 Å². The maximum atomic E-state index is 5.82. The highest BCUT2D eigenvalue weighted by molar-refractivity contribution is 5.90. The lowest BCUT2D eigenvalue weighted by atomic mass is 10.1. The van der Waals surface area contributed by atoms with Crippen molar-refractivity contribution in [2.24, 2.45) is 0 Å². The van der Waals surface area contributed by atoms with Crippen molar-refractivity contribution in [3.8, 4) is 11.5 Å². The van der Waals surface area contributed by atoms with Gasteiger partial charge >= 0.3 is 0 Å². The van der Waals surface area contributed by atoms with Crippen molar-refractivity contribution in [1.82, 2.24) is 0 Å².